The minimum absolute atomic E-state index is 0.595. The fourth-order valence-electron chi connectivity index (χ4n) is 3.40. The van der Waals surface area contributed by atoms with Gasteiger partial charge < -0.3 is 5.11 Å². The van der Waals surface area contributed by atoms with Crippen molar-refractivity contribution in [3.05, 3.63) is 76.9 Å². The molecule has 1 fully saturated rings. The fourth-order valence-corrected chi connectivity index (χ4v) is 3.40. The molecule has 2 aromatic carbocycles. The van der Waals surface area contributed by atoms with Gasteiger partial charge in [-0.3, -0.25) is 9.69 Å². The zero-order valence-corrected chi connectivity index (χ0v) is 16.3. The third kappa shape index (κ3) is 5.27. The van der Waals surface area contributed by atoms with E-state index < -0.39 is 17.9 Å². The van der Waals surface area contributed by atoms with Crippen molar-refractivity contribution < 1.29 is 19.1 Å². The van der Waals surface area contributed by atoms with Crippen LogP contribution in [0, 0.1) is 0 Å². The summed E-state index contributed by atoms with van der Waals surface area (Å²) < 4.78 is 12.9. The van der Waals surface area contributed by atoms with Gasteiger partial charge in [-0.1, -0.05) is 66.8 Å². The van der Waals surface area contributed by atoms with Gasteiger partial charge in [0.2, 0.25) is 5.78 Å². The number of carbonyl (C=O) groups is 2. The van der Waals surface area contributed by atoms with Crippen molar-refractivity contribution in [3.63, 3.8) is 0 Å². The maximum Gasteiger partial charge on any atom is 0.371 e. The second-order valence-electron chi connectivity index (χ2n) is 7.13. The Morgan fingerprint density at radius 3 is 1.97 bits per heavy atom. The smallest absolute Gasteiger partial charge is 0.371 e. The molecule has 1 aliphatic heterocycles. The number of benzene rings is 2. The topological polar surface area (TPSA) is 57.6 Å². The Labute approximate surface area is 170 Å². The first kappa shape index (κ1) is 20.7. The highest BCUT2D eigenvalue weighted by molar-refractivity contribution is 6.31. The number of carboxylic acid groups (broad SMARTS) is 1. The number of rotatable bonds is 4. The Balaban J connectivity index is 0.000000353. The van der Waals surface area contributed by atoms with Gasteiger partial charge in [-0.25, -0.2) is 9.18 Å². The minimum Gasteiger partial charge on any atom is -0.476 e. The molecule has 5 heteroatoms. The molecule has 0 aromatic heterocycles. The van der Waals surface area contributed by atoms with Gasteiger partial charge in [0.05, 0.1) is 0 Å². The lowest BCUT2D eigenvalue weighted by Gasteiger charge is -2.33. The van der Waals surface area contributed by atoms with E-state index in [1.165, 1.54) is 27.8 Å². The van der Waals surface area contributed by atoms with Gasteiger partial charge in [0.25, 0.3) is 0 Å². The van der Waals surface area contributed by atoms with Crippen molar-refractivity contribution in [2.24, 2.45) is 0 Å². The zero-order chi connectivity index (χ0) is 20.8. The van der Waals surface area contributed by atoms with Gasteiger partial charge in [-0.05, 0) is 34.2 Å². The molecule has 1 N–H and O–H groups in total. The molecule has 0 unspecified atom stereocenters. The average Bonchev–Trinajstić information content (AvgIpc) is 2.84. The Kier molecular flexibility index (Phi) is 6.73. The van der Waals surface area contributed by atoms with Crippen molar-refractivity contribution >= 4 is 29.5 Å². The Hall–Kier alpha value is -3.05. The van der Waals surface area contributed by atoms with Crippen LogP contribution in [0.4, 0.5) is 4.39 Å². The molecule has 0 radical (unpaired) electrons. The number of halogens is 1. The van der Waals surface area contributed by atoms with Crippen LogP contribution in [0.2, 0.25) is 0 Å². The summed E-state index contributed by atoms with van der Waals surface area (Å²) in [5.41, 5.74) is 6.35. The van der Waals surface area contributed by atoms with Crippen molar-refractivity contribution in [1.29, 1.82) is 0 Å². The highest BCUT2D eigenvalue weighted by Crippen LogP contribution is 2.33. The summed E-state index contributed by atoms with van der Waals surface area (Å²) in [6.07, 6.45) is 7.03. The standard InChI is InChI=1S/C21H20FN.C3H4O3/c22-18-14-23(15-18)13-5-10-21-19-8-3-1-6-16(19)11-12-17-7-2-4-9-20(17)21;1-2(4)3(5)6/h1-4,6-12,18H,5,13-15H2;1H3,(H,5,6). The summed E-state index contributed by atoms with van der Waals surface area (Å²) in [6.45, 7) is 3.12. The lowest BCUT2D eigenvalue weighted by molar-refractivity contribution is -0.148. The van der Waals surface area contributed by atoms with Crippen LogP contribution in [-0.2, 0) is 9.59 Å². The van der Waals surface area contributed by atoms with Crippen LogP contribution in [-0.4, -0.2) is 47.6 Å². The van der Waals surface area contributed by atoms with Crippen molar-refractivity contribution in [2.75, 3.05) is 19.6 Å². The number of alkyl halides is 1. The second kappa shape index (κ2) is 9.43. The SMILES string of the molecule is CC(=O)C(=O)O.FC1CN(CCC=C2c3ccccc3C=Cc3ccccc32)C1. The van der Waals surface area contributed by atoms with Gasteiger partial charge in [-0.2, -0.15) is 0 Å². The van der Waals surface area contributed by atoms with Gasteiger partial charge in [0.1, 0.15) is 6.17 Å². The zero-order valence-electron chi connectivity index (χ0n) is 16.3. The number of carboxylic acids is 1. The molecule has 4 rings (SSSR count). The van der Waals surface area contributed by atoms with E-state index in [0.29, 0.717) is 13.1 Å². The molecule has 1 saturated heterocycles. The van der Waals surface area contributed by atoms with E-state index in [2.05, 4.69) is 71.7 Å². The van der Waals surface area contributed by atoms with Crippen LogP contribution in [0.3, 0.4) is 0 Å². The van der Waals surface area contributed by atoms with Crippen molar-refractivity contribution in [3.8, 4) is 0 Å². The highest BCUT2D eigenvalue weighted by atomic mass is 19.1. The van der Waals surface area contributed by atoms with Crippen LogP contribution in [0.15, 0.2) is 54.6 Å². The molecule has 0 bridgehead atoms. The maximum absolute atomic E-state index is 12.9. The number of ketones is 1. The molecular formula is C24H24FNO3. The summed E-state index contributed by atoms with van der Waals surface area (Å²) in [7, 11) is 0. The molecule has 4 nitrogen and oxygen atoms in total. The predicted octanol–water partition coefficient (Wildman–Crippen LogP) is 4.31. The Bertz CT molecular complexity index is 895. The molecule has 0 atom stereocenters. The first-order valence-corrected chi connectivity index (χ1v) is 9.63. The van der Waals surface area contributed by atoms with E-state index in [9.17, 15) is 14.0 Å². The monoisotopic (exact) mass is 393 g/mol. The lowest BCUT2D eigenvalue weighted by atomic mass is 9.92. The normalized spacial score (nSPS) is 15.2. The van der Waals surface area contributed by atoms with E-state index in [1.54, 1.807) is 0 Å². The molecule has 1 aliphatic carbocycles. The van der Waals surface area contributed by atoms with E-state index in [4.69, 9.17) is 5.11 Å². The maximum atomic E-state index is 12.9. The largest absolute Gasteiger partial charge is 0.476 e. The van der Waals surface area contributed by atoms with Crippen molar-refractivity contribution in [1.82, 2.24) is 4.90 Å². The number of Topliss-reactive ketones (excluding diaryl/α,β-unsaturated/α-hetero) is 1. The predicted molar refractivity (Wildman–Crippen MR) is 113 cm³/mol. The number of likely N-dealkylation sites (tertiary alicyclic amines) is 1. The third-order valence-corrected chi connectivity index (χ3v) is 4.95. The first-order valence-electron chi connectivity index (χ1n) is 9.63. The molecule has 2 aromatic rings. The van der Waals surface area contributed by atoms with Gasteiger partial charge >= 0.3 is 5.97 Å². The van der Waals surface area contributed by atoms with E-state index in [1.807, 2.05) is 0 Å². The van der Waals surface area contributed by atoms with Crippen molar-refractivity contribution in [2.45, 2.75) is 19.5 Å². The molecule has 1 heterocycles. The van der Waals surface area contributed by atoms with Gasteiger partial charge in [0, 0.05) is 26.6 Å². The van der Waals surface area contributed by atoms with Crippen LogP contribution < -0.4 is 0 Å². The van der Waals surface area contributed by atoms with Crippen LogP contribution >= 0.6 is 0 Å². The molecule has 0 spiro atoms. The highest BCUT2D eigenvalue weighted by Gasteiger charge is 2.25. The van der Waals surface area contributed by atoms with E-state index in [0.717, 1.165) is 19.9 Å². The summed E-state index contributed by atoms with van der Waals surface area (Å²) in [6, 6.07) is 17.1. The Morgan fingerprint density at radius 1 is 1.03 bits per heavy atom. The summed E-state index contributed by atoms with van der Waals surface area (Å²) in [5, 5.41) is 7.64. The number of hydrogen-bond acceptors (Lipinski definition) is 3. The van der Waals surface area contributed by atoms with Gasteiger partial charge in [-0.15, -0.1) is 0 Å². The number of carbonyl (C=O) groups excluding carboxylic acids is 1. The number of hydrogen-bond donors (Lipinski definition) is 1. The summed E-state index contributed by atoms with van der Waals surface area (Å²) >= 11 is 0. The molecule has 0 saturated carbocycles. The van der Waals surface area contributed by atoms with Gasteiger partial charge in [0.15, 0.2) is 0 Å². The molecular weight excluding hydrogens is 369 g/mol. The lowest BCUT2D eigenvalue weighted by Crippen LogP contribution is -2.48. The fraction of sp³-hybridized carbons (Fsp3) is 0.250. The number of fused-ring (bicyclic) bond motifs is 2. The summed E-state index contributed by atoms with van der Waals surface area (Å²) in [4.78, 5) is 21.1. The molecule has 2 aliphatic rings. The van der Waals surface area contributed by atoms with E-state index >= 15 is 0 Å². The summed E-state index contributed by atoms with van der Waals surface area (Å²) in [5.74, 6) is -2.20. The average molecular weight is 393 g/mol. The van der Waals surface area contributed by atoms with Crippen LogP contribution in [0.25, 0.3) is 17.7 Å². The molecule has 0 amide bonds. The number of aliphatic carboxylic acids is 1. The van der Waals surface area contributed by atoms with E-state index in [-0.39, 0.29) is 0 Å². The number of nitrogens with zero attached hydrogens (tertiary/aromatic N) is 1. The second-order valence-corrected chi connectivity index (χ2v) is 7.13. The molecule has 29 heavy (non-hydrogen) atoms. The third-order valence-electron chi connectivity index (χ3n) is 4.95. The molecule has 150 valence electrons. The van der Waals surface area contributed by atoms with Crippen LogP contribution in [0.1, 0.15) is 35.6 Å². The quantitative estimate of drug-likeness (QED) is 0.671. The minimum atomic E-state index is -1.38. The first-order chi connectivity index (χ1) is 14.0. The Morgan fingerprint density at radius 2 is 1.52 bits per heavy atom. The van der Waals surface area contributed by atoms with Crippen LogP contribution in [0.5, 0.6) is 0 Å².